The summed E-state index contributed by atoms with van der Waals surface area (Å²) in [6.07, 6.45) is 0. The molecule has 4 nitrogen and oxygen atoms in total. The summed E-state index contributed by atoms with van der Waals surface area (Å²) in [5, 5.41) is 0. The number of amides is 1. The van der Waals surface area contributed by atoms with Gasteiger partial charge in [0.25, 0.3) is 0 Å². The fourth-order valence-corrected chi connectivity index (χ4v) is 1.89. The summed E-state index contributed by atoms with van der Waals surface area (Å²) in [6, 6.07) is 0.577. The van der Waals surface area contributed by atoms with Crippen LogP contribution in [-0.4, -0.2) is 54.5 Å². The molecule has 5 heteroatoms. The van der Waals surface area contributed by atoms with Crippen LogP contribution in [0.5, 0.6) is 0 Å². The molecule has 0 aromatic heterocycles. The molecule has 1 saturated heterocycles. The lowest BCUT2D eigenvalue weighted by Crippen LogP contribution is -2.51. The molecule has 1 aliphatic heterocycles. The lowest BCUT2D eigenvalue weighted by Gasteiger charge is -2.36. The number of carbonyl (C=O) groups is 1. The van der Waals surface area contributed by atoms with Gasteiger partial charge in [0, 0.05) is 32.2 Å². The Labute approximate surface area is 99.3 Å². The molecule has 0 aromatic rings. The van der Waals surface area contributed by atoms with Crippen LogP contribution in [0.3, 0.4) is 0 Å². The molecular formula is C9H17IN2O2. The zero-order chi connectivity index (χ0) is 10.6. The van der Waals surface area contributed by atoms with Gasteiger partial charge in [0.2, 0.25) is 5.91 Å². The fraction of sp³-hybridized carbons (Fsp3) is 0.889. The van der Waals surface area contributed by atoms with Crippen molar-refractivity contribution in [2.45, 2.75) is 19.9 Å². The predicted octanol–water partition coefficient (Wildman–Crippen LogP) is 0.906. The Morgan fingerprint density at radius 3 is 2.36 bits per heavy atom. The average molecular weight is 312 g/mol. The smallest absolute Gasteiger partial charge is 0.249 e. The largest absolute Gasteiger partial charge is 0.338 e. The maximum atomic E-state index is 11.5. The molecule has 0 aromatic carbocycles. The lowest BCUT2D eigenvalue weighted by molar-refractivity contribution is -0.134. The van der Waals surface area contributed by atoms with Gasteiger partial charge in [-0.25, -0.2) is 0 Å². The van der Waals surface area contributed by atoms with Crippen LogP contribution in [0.25, 0.3) is 0 Å². The van der Waals surface area contributed by atoms with Crippen molar-refractivity contribution in [3.05, 3.63) is 0 Å². The Morgan fingerprint density at radius 2 is 1.93 bits per heavy atom. The van der Waals surface area contributed by atoms with Crippen LogP contribution < -0.4 is 0 Å². The third kappa shape index (κ3) is 3.36. The minimum Gasteiger partial charge on any atom is -0.338 e. The SMILES string of the molecule is CC(C)N1CCN(C(=O)COI)CC1. The lowest BCUT2D eigenvalue weighted by atomic mass is 10.2. The molecule has 82 valence electrons. The van der Waals surface area contributed by atoms with E-state index in [1.807, 2.05) is 4.90 Å². The third-order valence-electron chi connectivity index (χ3n) is 2.58. The van der Waals surface area contributed by atoms with Crippen LogP contribution in [0.2, 0.25) is 0 Å². The predicted molar refractivity (Wildman–Crippen MR) is 63.3 cm³/mol. The molecule has 0 saturated carbocycles. The first-order chi connectivity index (χ1) is 6.65. The minimum atomic E-state index is 0.0998. The number of piperazine rings is 1. The summed E-state index contributed by atoms with van der Waals surface area (Å²) in [5.74, 6) is 0.0998. The number of nitrogens with zero attached hydrogens (tertiary/aromatic N) is 2. The van der Waals surface area contributed by atoms with Crippen molar-refractivity contribution < 1.29 is 7.86 Å². The van der Waals surface area contributed by atoms with E-state index in [2.05, 4.69) is 18.7 Å². The molecule has 0 bridgehead atoms. The van der Waals surface area contributed by atoms with Crippen LogP contribution in [0.4, 0.5) is 0 Å². The summed E-state index contributed by atoms with van der Waals surface area (Å²) < 4.78 is 4.80. The van der Waals surface area contributed by atoms with E-state index >= 15 is 0 Å². The minimum absolute atomic E-state index is 0.0998. The van der Waals surface area contributed by atoms with E-state index in [1.165, 1.54) is 0 Å². The van der Waals surface area contributed by atoms with E-state index in [4.69, 9.17) is 3.07 Å². The van der Waals surface area contributed by atoms with Gasteiger partial charge in [0.15, 0.2) is 0 Å². The van der Waals surface area contributed by atoms with Gasteiger partial charge >= 0.3 is 0 Å². The Balaban J connectivity index is 2.31. The first kappa shape index (κ1) is 12.2. The number of carbonyl (C=O) groups excluding carboxylic acids is 1. The zero-order valence-corrected chi connectivity index (χ0v) is 10.9. The van der Waals surface area contributed by atoms with Gasteiger partial charge in [-0.3, -0.25) is 9.69 Å². The van der Waals surface area contributed by atoms with E-state index in [0.717, 1.165) is 26.2 Å². The zero-order valence-electron chi connectivity index (χ0n) is 8.70. The summed E-state index contributed by atoms with van der Waals surface area (Å²) in [7, 11) is 0. The molecule has 0 aliphatic carbocycles. The topological polar surface area (TPSA) is 32.8 Å². The highest BCUT2D eigenvalue weighted by Crippen LogP contribution is 2.06. The second-order valence-electron chi connectivity index (χ2n) is 3.76. The number of rotatable bonds is 3. The molecule has 0 atom stereocenters. The summed E-state index contributed by atoms with van der Waals surface area (Å²) in [5.41, 5.74) is 0. The van der Waals surface area contributed by atoms with Crippen LogP contribution >= 0.6 is 23.0 Å². The molecule has 1 fully saturated rings. The van der Waals surface area contributed by atoms with Gasteiger partial charge in [0.1, 0.15) is 29.6 Å². The number of hydrogen-bond donors (Lipinski definition) is 0. The van der Waals surface area contributed by atoms with Crippen molar-refractivity contribution in [2.75, 3.05) is 32.8 Å². The average Bonchev–Trinajstić information content (AvgIpc) is 2.18. The number of halogens is 1. The summed E-state index contributed by atoms with van der Waals surface area (Å²) in [6.45, 7) is 8.18. The van der Waals surface area contributed by atoms with Crippen molar-refractivity contribution in [2.24, 2.45) is 0 Å². The van der Waals surface area contributed by atoms with Crippen LogP contribution in [0, 0.1) is 0 Å². The molecule has 0 N–H and O–H groups in total. The van der Waals surface area contributed by atoms with E-state index in [1.54, 1.807) is 23.0 Å². The molecule has 0 spiro atoms. The normalized spacial score (nSPS) is 19.0. The van der Waals surface area contributed by atoms with Gasteiger partial charge in [0.05, 0.1) is 0 Å². The van der Waals surface area contributed by atoms with Gasteiger partial charge < -0.3 is 7.97 Å². The highest BCUT2D eigenvalue weighted by molar-refractivity contribution is 14.1. The van der Waals surface area contributed by atoms with Crippen LogP contribution in [0.1, 0.15) is 13.8 Å². The van der Waals surface area contributed by atoms with Gasteiger partial charge in [-0.15, -0.1) is 0 Å². The van der Waals surface area contributed by atoms with E-state index < -0.39 is 0 Å². The van der Waals surface area contributed by atoms with E-state index in [-0.39, 0.29) is 12.5 Å². The van der Waals surface area contributed by atoms with Gasteiger partial charge in [-0.2, -0.15) is 0 Å². The molecule has 1 amide bonds. The summed E-state index contributed by atoms with van der Waals surface area (Å²) >= 11 is 1.76. The van der Waals surface area contributed by atoms with Crippen LogP contribution in [0.15, 0.2) is 0 Å². The molecule has 1 aliphatic rings. The molecule has 0 unspecified atom stereocenters. The molecule has 1 heterocycles. The monoisotopic (exact) mass is 312 g/mol. The van der Waals surface area contributed by atoms with Gasteiger partial charge in [-0.1, -0.05) is 0 Å². The second kappa shape index (κ2) is 5.87. The van der Waals surface area contributed by atoms with E-state index in [9.17, 15) is 4.79 Å². The van der Waals surface area contributed by atoms with Gasteiger partial charge in [-0.05, 0) is 13.8 Å². The number of hydrogen-bond acceptors (Lipinski definition) is 3. The molecular weight excluding hydrogens is 295 g/mol. The first-order valence-electron chi connectivity index (χ1n) is 4.90. The first-order valence-corrected chi connectivity index (χ1v) is 5.78. The fourth-order valence-electron chi connectivity index (χ4n) is 1.63. The quantitative estimate of drug-likeness (QED) is 0.726. The van der Waals surface area contributed by atoms with Crippen molar-refractivity contribution >= 4 is 28.9 Å². The highest BCUT2D eigenvalue weighted by atomic mass is 127. The Hall–Kier alpha value is 0.120. The van der Waals surface area contributed by atoms with Crippen molar-refractivity contribution in [3.63, 3.8) is 0 Å². The third-order valence-corrected chi connectivity index (χ3v) is 2.89. The Morgan fingerprint density at radius 1 is 1.36 bits per heavy atom. The molecule has 14 heavy (non-hydrogen) atoms. The maximum absolute atomic E-state index is 11.5. The Kier molecular flexibility index (Phi) is 5.11. The standard InChI is InChI=1S/C9H17IN2O2/c1-8(2)11-3-5-12(6-4-11)9(13)7-14-10/h8H,3-7H2,1-2H3. The highest BCUT2D eigenvalue weighted by Gasteiger charge is 2.21. The maximum Gasteiger partial charge on any atom is 0.249 e. The Bertz CT molecular complexity index is 191. The molecule has 1 rings (SSSR count). The van der Waals surface area contributed by atoms with Crippen molar-refractivity contribution in [1.29, 1.82) is 0 Å². The second-order valence-corrected chi connectivity index (χ2v) is 4.39. The van der Waals surface area contributed by atoms with Crippen LogP contribution in [-0.2, 0) is 7.86 Å². The van der Waals surface area contributed by atoms with E-state index in [0.29, 0.717) is 6.04 Å². The van der Waals surface area contributed by atoms with Crippen molar-refractivity contribution in [1.82, 2.24) is 9.80 Å². The molecule has 0 radical (unpaired) electrons. The van der Waals surface area contributed by atoms with Crippen molar-refractivity contribution in [3.8, 4) is 0 Å². The summed E-state index contributed by atoms with van der Waals surface area (Å²) in [4.78, 5) is 15.7.